The van der Waals surface area contributed by atoms with E-state index in [1.54, 1.807) is 0 Å². The van der Waals surface area contributed by atoms with E-state index in [1.807, 2.05) is 7.05 Å². The molecule has 1 rings (SSSR count). The van der Waals surface area contributed by atoms with Gasteiger partial charge in [-0.05, 0) is 38.5 Å². The van der Waals surface area contributed by atoms with Gasteiger partial charge in [-0.1, -0.05) is 13.3 Å². The Morgan fingerprint density at radius 3 is 2.70 bits per heavy atom. The predicted octanol–water partition coefficient (Wildman–Crippen LogP) is 0.451. The number of rotatable bonds is 3. The minimum absolute atomic E-state index is 0.870. The Morgan fingerprint density at radius 2 is 2.10 bits per heavy atom. The summed E-state index contributed by atoms with van der Waals surface area (Å²) in [5.41, 5.74) is 0. The second kappa shape index (κ2) is 3.94. The standard InChI is InChI=1S/C8H18N2/c1-3-7-5-10-6-8(7)4-9-2/h7-10H,3-6H2,1-2H3. The van der Waals surface area contributed by atoms with Crippen LogP contribution in [-0.4, -0.2) is 26.7 Å². The predicted molar refractivity (Wildman–Crippen MR) is 44.1 cm³/mol. The Morgan fingerprint density at radius 1 is 1.40 bits per heavy atom. The first-order chi connectivity index (χ1) is 4.88. The Bertz CT molecular complexity index is 93.3. The van der Waals surface area contributed by atoms with Crippen molar-refractivity contribution in [1.29, 1.82) is 0 Å². The van der Waals surface area contributed by atoms with Crippen LogP contribution in [0.4, 0.5) is 0 Å². The fourth-order valence-electron chi connectivity index (χ4n) is 1.77. The summed E-state index contributed by atoms with van der Waals surface area (Å²) in [5.74, 6) is 1.78. The van der Waals surface area contributed by atoms with Crippen LogP contribution in [0.2, 0.25) is 0 Å². The molecule has 0 aromatic carbocycles. The summed E-state index contributed by atoms with van der Waals surface area (Å²) in [6.45, 7) is 5.88. The van der Waals surface area contributed by atoms with Crippen molar-refractivity contribution in [3.63, 3.8) is 0 Å². The molecule has 0 aromatic heterocycles. The molecule has 1 saturated heterocycles. The second-order valence-electron chi connectivity index (χ2n) is 3.14. The molecular weight excluding hydrogens is 124 g/mol. The largest absolute Gasteiger partial charge is 0.319 e. The van der Waals surface area contributed by atoms with Gasteiger partial charge in [-0.3, -0.25) is 0 Å². The van der Waals surface area contributed by atoms with Crippen LogP contribution in [0.25, 0.3) is 0 Å². The van der Waals surface area contributed by atoms with Crippen molar-refractivity contribution in [3.05, 3.63) is 0 Å². The summed E-state index contributed by atoms with van der Waals surface area (Å²) >= 11 is 0. The van der Waals surface area contributed by atoms with E-state index >= 15 is 0 Å². The highest BCUT2D eigenvalue weighted by Crippen LogP contribution is 2.18. The lowest BCUT2D eigenvalue weighted by Crippen LogP contribution is -2.24. The van der Waals surface area contributed by atoms with Crippen LogP contribution in [0.15, 0.2) is 0 Å². The van der Waals surface area contributed by atoms with E-state index in [2.05, 4.69) is 17.6 Å². The Labute approximate surface area is 63.4 Å². The molecule has 2 nitrogen and oxygen atoms in total. The molecule has 0 aliphatic carbocycles. The van der Waals surface area contributed by atoms with Crippen molar-refractivity contribution >= 4 is 0 Å². The highest BCUT2D eigenvalue weighted by Gasteiger charge is 2.23. The molecule has 1 fully saturated rings. The monoisotopic (exact) mass is 142 g/mol. The van der Waals surface area contributed by atoms with Crippen molar-refractivity contribution in [2.45, 2.75) is 13.3 Å². The molecule has 0 radical (unpaired) electrons. The zero-order chi connectivity index (χ0) is 7.40. The zero-order valence-corrected chi connectivity index (χ0v) is 6.98. The van der Waals surface area contributed by atoms with E-state index in [9.17, 15) is 0 Å². The van der Waals surface area contributed by atoms with Crippen LogP contribution < -0.4 is 10.6 Å². The molecule has 60 valence electrons. The fraction of sp³-hybridized carbons (Fsp3) is 1.00. The molecule has 0 amide bonds. The minimum Gasteiger partial charge on any atom is -0.319 e. The van der Waals surface area contributed by atoms with Gasteiger partial charge < -0.3 is 10.6 Å². The molecule has 1 aliphatic rings. The van der Waals surface area contributed by atoms with E-state index in [-0.39, 0.29) is 0 Å². The van der Waals surface area contributed by atoms with Gasteiger partial charge in [0.05, 0.1) is 0 Å². The van der Waals surface area contributed by atoms with Gasteiger partial charge in [-0.2, -0.15) is 0 Å². The summed E-state index contributed by atoms with van der Waals surface area (Å²) in [5, 5.41) is 6.65. The first-order valence-electron chi connectivity index (χ1n) is 4.23. The third-order valence-electron chi connectivity index (χ3n) is 2.47. The zero-order valence-electron chi connectivity index (χ0n) is 6.98. The lowest BCUT2D eigenvalue weighted by molar-refractivity contribution is 0.396. The van der Waals surface area contributed by atoms with Gasteiger partial charge >= 0.3 is 0 Å². The first-order valence-corrected chi connectivity index (χ1v) is 4.23. The molecule has 10 heavy (non-hydrogen) atoms. The maximum Gasteiger partial charge on any atom is -0.000513 e. The molecule has 0 bridgehead atoms. The summed E-state index contributed by atoms with van der Waals surface area (Å²) in [6.07, 6.45) is 1.32. The van der Waals surface area contributed by atoms with Gasteiger partial charge in [0.25, 0.3) is 0 Å². The van der Waals surface area contributed by atoms with Crippen LogP contribution in [0.5, 0.6) is 0 Å². The number of hydrogen-bond acceptors (Lipinski definition) is 2. The smallest absolute Gasteiger partial charge is 0.000513 e. The van der Waals surface area contributed by atoms with E-state index in [0.717, 1.165) is 11.8 Å². The lowest BCUT2D eigenvalue weighted by Gasteiger charge is -2.15. The summed E-state index contributed by atoms with van der Waals surface area (Å²) in [4.78, 5) is 0. The third-order valence-corrected chi connectivity index (χ3v) is 2.47. The highest BCUT2D eigenvalue weighted by atomic mass is 14.9. The van der Waals surface area contributed by atoms with Crippen LogP contribution in [0.1, 0.15) is 13.3 Å². The van der Waals surface area contributed by atoms with Gasteiger partial charge in [-0.15, -0.1) is 0 Å². The molecule has 2 atom stereocenters. The van der Waals surface area contributed by atoms with E-state index in [4.69, 9.17) is 0 Å². The summed E-state index contributed by atoms with van der Waals surface area (Å²) < 4.78 is 0. The average molecular weight is 142 g/mol. The third kappa shape index (κ3) is 1.70. The van der Waals surface area contributed by atoms with Crippen LogP contribution >= 0.6 is 0 Å². The summed E-state index contributed by atoms with van der Waals surface area (Å²) in [6, 6.07) is 0. The topological polar surface area (TPSA) is 24.1 Å². The van der Waals surface area contributed by atoms with Crippen LogP contribution in [-0.2, 0) is 0 Å². The minimum atomic E-state index is 0.870. The molecule has 1 aliphatic heterocycles. The maximum atomic E-state index is 3.42. The van der Waals surface area contributed by atoms with Crippen molar-refractivity contribution in [3.8, 4) is 0 Å². The second-order valence-corrected chi connectivity index (χ2v) is 3.14. The number of nitrogens with one attached hydrogen (secondary N) is 2. The van der Waals surface area contributed by atoms with Gasteiger partial charge in [0.1, 0.15) is 0 Å². The lowest BCUT2D eigenvalue weighted by atomic mass is 9.94. The van der Waals surface area contributed by atoms with Crippen LogP contribution in [0, 0.1) is 11.8 Å². The van der Waals surface area contributed by atoms with Gasteiger partial charge in [0.15, 0.2) is 0 Å². The quantitative estimate of drug-likeness (QED) is 0.598. The molecule has 2 N–H and O–H groups in total. The van der Waals surface area contributed by atoms with Crippen molar-refractivity contribution in [2.75, 3.05) is 26.7 Å². The van der Waals surface area contributed by atoms with Gasteiger partial charge in [0, 0.05) is 0 Å². The molecule has 2 unspecified atom stereocenters. The molecule has 0 saturated carbocycles. The van der Waals surface area contributed by atoms with E-state index < -0.39 is 0 Å². The summed E-state index contributed by atoms with van der Waals surface area (Å²) in [7, 11) is 2.03. The van der Waals surface area contributed by atoms with Crippen molar-refractivity contribution in [1.82, 2.24) is 10.6 Å². The highest BCUT2D eigenvalue weighted by molar-refractivity contribution is 4.80. The molecular formula is C8H18N2. The van der Waals surface area contributed by atoms with E-state index in [0.29, 0.717) is 0 Å². The van der Waals surface area contributed by atoms with Crippen molar-refractivity contribution in [2.24, 2.45) is 11.8 Å². The normalized spacial score (nSPS) is 33.0. The first kappa shape index (κ1) is 8.02. The Hall–Kier alpha value is -0.0800. The molecule has 0 aromatic rings. The molecule has 0 spiro atoms. The fourth-order valence-corrected chi connectivity index (χ4v) is 1.77. The SMILES string of the molecule is CCC1CNCC1CNC. The van der Waals surface area contributed by atoms with E-state index in [1.165, 1.54) is 26.1 Å². The maximum absolute atomic E-state index is 3.42. The van der Waals surface area contributed by atoms with Gasteiger partial charge in [-0.25, -0.2) is 0 Å². The van der Waals surface area contributed by atoms with Gasteiger partial charge in [0.2, 0.25) is 0 Å². The Kier molecular flexibility index (Phi) is 3.16. The van der Waals surface area contributed by atoms with Crippen molar-refractivity contribution < 1.29 is 0 Å². The molecule has 2 heteroatoms. The molecule has 1 heterocycles. The number of hydrogen-bond donors (Lipinski definition) is 2. The van der Waals surface area contributed by atoms with Crippen LogP contribution in [0.3, 0.4) is 0 Å². The Balaban J connectivity index is 2.27. The average Bonchev–Trinajstić information content (AvgIpc) is 2.36.